The molecule has 1 aliphatic carbocycles. The second-order valence-electron chi connectivity index (χ2n) is 6.93. The highest BCUT2D eigenvalue weighted by Crippen LogP contribution is 2.36. The van der Waals surface area contributed by atoms with Crippen LogP contribution in [-0.2, 0) is 18.6 Å². The number of rotatable bonds is 3. The molecule has 0 radical (unpaired) electrons. The average molecular weight is 434 g/mol. The highest BCUT2D eigenvalue weighted by atomic mass is 35.5. The zero-order valence-corrected chi connectivity index (χ0v) is 17.7. The van der Waals surface area contributed by atoms with Gasteiger partial charge in [0.2, 0.25) is 0 Å². The van der Waals surface area contributed by atoms with E-state index in [9.17, 15) is 4.79 Å². The normalized spacial score (nSPS) is 16.9. The van der Waals surface area contributed by atoms with Crippen molar-refractivity contribution in [2.45, 2.75) is 36.3 Å². The molecule has 1 N–H and O–H groups in total. The molecule has 3 heterocycles. The Hall–Kier alpha value is -1.41. The third kappa shape index (κ3) is 3.31. The van der Waals surface area contributed by atoms with E-state index >= 15 is 0 Å². The van der Waals surface area contributed by atoms with Crippen LogP contribution in [0.5, 0.6) is 0 Å². The van der Waals surface area contributed by atoms with E-state index in [-0.39, 0.29) is 5.56 Å². The van der Waals surface area contributed by atoms with Gasteiger partial charge >= 0.3 is 0 Å². The molecule has 0 spiro atoms. The summed E-state index contributed by atoms with van der Waals surface area (Å²) < 4.78 is 2.06. The van der Waals surface area contributed by atoms with Crippen LogP contribution in [0.25, 0.3) is 20.4 Å². The van der Waals surface area contributed by atoms with Crippen molar-refractivity contribution in [3.05, 3.63) is 49.8 Å². The topological polar surface area (TPSA) is 58.6 Å². The zero-order chi connectivity index (χ0) is 18.5. The van der Waals surface area contributed by atoms with E-state index in [4.69, 9.17) is 16.6 Å². The van der Waals surface area contributed by atoms with Crippen LogP contribution < -0.4 is 5.56 Å². The highest BCUT2D eigenvalue weighted by molar-refractivity contribution is 8.00. The Morgan fingerprint density at radius 1 is 1.33 bits per heavy atom. The molecule has 138 valence electrons. The lowest BCUT2D eigenvalue weighted by atomic mass is 9.89. The van der Waals surface area contributed by atoms with E-state index in [0.29, 0.717) is 22.5 Å². The molecule has 1 atom stereocenters. The maximum atomic E-state index is 12.7. The Balaban J connectivity index is 1.44. The van der Waals surface area contributed by atoms with E-state index in [0.717, 1.165) is 44.0 Å². The van der Waals surface area contributed by atoms with Gasteiger partial charge in [0, 0.05) is 9.90 Å². The van der Waals surface area contributed by atoms with E-state index < -0.39 is 0 Å². The van der Waals surface area contributed by atoms with Gasteiger partial charge in [0.15, 0.2) is 4.34 Å². The van der Waals surface area contributed by atoms with Crippen molar-refractivity contribution < 1.29 is 0 Å². The lowest BCUT2D eigenvalue weighted by Crippen LogP contribution is -2.14. The van der Waals surface area contributed by atoms with Gasteiger partial charge < -0.3 is 4.98 Å². The number of aryl methyl sites for hydroxylation is 1. The number of aromatic amines is 1. The molecule has 0 amide bonds. The minimum atomic E-state index is -0.00117. The summed E-state index contributed by atoms with van der Waals surface area (Å²) in [7, 11) is 0. The number of H-pyrrole nitrogens is 1. The van der Waals surface area contributed by atoms with Crippen LogP contribution >= 0.6 is 46.0 Å². The van der Waals surface area contributed by atoms with Gasteiger partial charge in [-0.25, -0.2) is 9.97 Å². The van der Waals surface area contributed by atoms with Crippen molar-refractivity contribution in [2.24, 2.45) is 5.92 Å². The van der Waals surface area contributed by atoms with E-state index in [1.165, 1.54) is 10.4 Å². The largest absolute Gasteiger partial charge is 0.309 e. The van der Waals surface area contributed by atoms with Gasteiger partial charge in [-0.05, 0) is 48.9 Å². The maximum Gasteiger partial charge on any atom is 0.259 e. The van der Waals surface area contributed by atoms with Gasteiger partial charge in [0.05, 0.1) is 21.4 Å². The van der Waals surface area contributed by atoms with Gasteiger partial charge in [0.1, 0.15) is 10.7 Å². The van der Waals surface area contributed by atoms with Gasteiger partial charge in [-0.3, -0.25) is 4.79 Å². The third-order valence-electron chi connectivity index (χ3n) is 4.88. The Kier molecular flexibility index (Phi) is 4.50. The second kappa shape index (κ2) is 6.88. The standard InChI is InChI=1S/C19H16ClN3OS3/c1-9-2-4-11-14(6-9)26-18-16(11)17(24)22-15(23-18)8-25-19-21-12-7-10(20)3-5-13(12)27-19/h3,5,7,9H,2,4,6,8H2,1H3,(H,22,23,24). The summed E-state index contributed by atoms with van der Waals surface area (Å²) >= 11 is 11.0. The van der Waals surface area contributed by atoms with E-state index in [1.54, 1.807) is 34.4 Å². The molecule has 8 heteroatoms. The fraction of sp³-hybridized carbons (Fsp3) is 0.316. The first-order valence-corrected chi connectivity index (χ1v) is 11.8. The van der Waals surface area contributed by atoms with Crippen LogP contribution in [0.15, 0.2) is 27.3 Å². The number of fused-ring (bicyclic) bond motifs is 4. The number of thioether (sulfide) groups is 1. The molecule has 1 aliphatic rings. The number of halogens is 1. The van der Waals surface area contributed by atoms with Crippen molar-refractivity contribution >= 4 is 66.5 Å². The molecule has 0 bridgehead atoms. The number of thiophene rings is 1. The monoisotopic (exact) mass is 433 g/mol. The Labute approximate surface area is 173 Å². The van der Waals surface area contributed by atoms with Crippen molar-refractivity contribution in [2.75, 3.05) is 0 Å². The minimum Gasteiger partial charge on any atom is -0.309 e. The Morgan fingerprint density at radius 2 is 2.22 bits per heavy atom. The first-order chi connectivity index (χ1) is 13.1. The Morgan fingerprint density at radius 3 is 3.11 bits per heavy atom. The average Bonchev–Trinajstić information content (AvgIpc) is 3.19. The van der Waals surface area contributed by atoms with Gasteiger partial charge in [-0.1, -0.05) is 30.3 Å². The molecule has 1 aromatic carbocycles. The second-order valence-corrected chi connectivity index (χ2v) is 10.7. The number of hydrogen-bond donors (Lipinski definition) is 1. The van der Waals surface area contributed by atoms with Crippen molar-refractivity contribution in [1.29, 1.82) is 0 Å². The highest BCUT2D eigenvalue weighted by Gasteiger charge is 2.23. The molecule has 5 rings (SSSR count). The van der Waals surface area contributed by atoms with Crippen LogP contribution in [0.2, 0.25) is 5.02 Å². The fourth-order valence-electron chi connectivity index (χ4n) is 3.53. The van der Waals surface area contributed by atoms with Crippen LogP contribution in [0.4, 0.5) is 0 Å². The zero-order valence-electron chi connectivity index (χ0n) is 14.5. The predicted octanol–water partition coefficient (Wildman–Crippen LogP) is 5.66. The summed E-state index contributed by atoms with van der Waals surface area (Å²) in [5.41, 5.74) is 2.13. The molecular weight excluding hydrogens is 418 g/mol. The molecule has 1 unspecified atom stereocenters. The quantitative estimate of drug-likeness (QED) is 0.423. The van der Waals surface area contributed by atoms with Crippen LogP contribution in [0.1, 0.15) is 29.6 Å². The van der Waals surface area contributed by atoms with E-state index in [1.807, 2.05) is 18.2 Å². The number of hydrogen-bond acceptors (Lipinski definition) is 6. The summed E-state index contributed by atoms with van der Waals surface area (Å²) in [6.07, 6.45) is 3.20. The minimum absolute atomic E-state index is 0.00117. The number of thiazole rings is 1. The van der Waals surface area contributed by atoms with Gasteiger partial charge in [-0.2, -0.15) is 0 Å². The molecule has 0 fully saturated rings. The van der Waals surface area contributed by atoms with E-state index in [2.05, 4.69) is 16.9 Å². The molecule has 0 saturated carbocycles. The molecule has 27 heavy (non-hydrogen) atoms. The molecular formula is C19H16ClN3OS3. The summed E-state index contributed by atoms with van der Waals surface area (Å²) in [6, 6.07) is 5.74. The number of aromatic nitrogens is 3. The number of benzene rings is 1. The molecule has 0 aliphatic heterocycles. The first kappa shape index (κ1) is 17.7. The van der Waals surface area contributed by atoms with Crippen molar-refractivity contribution in [1.82, 2.24) is 15.0 Å². The van der Waals surface area contributed by atoms with Gasteiger partial charge in [-0.15, -0.1) is 22.7 Å². The smallest absolute Gasteiger partial charge is 0.259 e. The summed E-state index contributed by atoms with van der Waals surface area (Å²) in [5, 5.41) is 1.50. The summed E-state index contributed by atoms with van der Waals surface area (Å²) in [5.74, 6) is 1.99. The fourth-order valence-corrected chi connectivity index (χ4v) is 7.02. The Bertz CT molecular complexity index is 1230. The molecule has 3 aromatic heterocycles. The lowest BCUT2D eigenvalue weighted by Gasteiger charge is -2.17. The molecule has 4 aromatic rings. The first-order valence-electron chi connectivity index (χ1n) is 8.79. The number of nitrogens with one attached hydrogen (secondary N) is 1. The van der Waals surface area contributed by atoms with Crippen LogP contribution in [0, 0.1) is 5.92 Å². The van der Waals surface area contributed by atoms with Crippen molar-refractivity contribution in [3.63, 3.8) is 0 Å². The van der Waals surface area contributed by atoms with Crippen LogP contribution in [-0.4, -0.2) is 15.0 Å². The molecule has 0 saturated heterocycles. The summed E-state index contributed by atoms with van der Waals surface area (Å²) in [4.78, 5) is 27.2. The maximum absolute atomic E-state index is 12.7. The predicted molar refractivity (Wildman–Crippen MR) is 116 cm³/mol. The third-order valence-corrected chi connectivity index (χ3v) is 8.45. The SMILES string of the molecule is CC1CCc2c(sc3nc(CSc4nc5cc(Cl)ccc5s4)[nH]c(=O)c23)C1. The van der Waals surface area contributed by atoms with Crippen LogP contribution in [0.3, 0.4) is 0 Å². The summed E-state index contributed by atoms with van der Waals surface area (Å²) in [6.45, 7) is 2.28. The van der Waals surface area contributed by atoms with Gasteiger partial charge in [0.25, 0.3) is 5.56 Å². The molecule has 4 nitrogen and oxygen atoms in total. The number of nitrogens with zero attached hydrogens (tertiary/aromatic N) is 2. The van der Waals surface area contributed by atoms with Crippen molar-refractivity contribution in [3.8, 4) is 0 Å². The lowest BCUT2D eigenvalue weighted by molar-refractivity contribution is 0.509.